The molecule has 3 aromatic rings. The van der Waals surface area contributed by atoms with Crippen LogP contribution in [0.25, 0.3) is 10.8 Å². The first kappa shape index (κ1) is 13.9. The van der Waals surface area contributed by atoms with Gasteiger partial charge in [-0.2, -0.15) is 0 Å². The van der Waals surface area contributed by atoms with E-state index in [2.05, 4.69) is 5.32 Å². The predicted octanol–water partition coefficient (Wildman–Crippen LogP) is 5.40. The average molecular weight is 316 g/mol. The smallest absolute Gasteiger partial charge is 0.258 e. The van der Waals surface area contributed by atoms with Crippen molar-refractivity contribution in [1.29, 1.82) is 0 Å². The van der Waals surface area contributed by atoms with Crippen LogP contribution in [0.1, 0.15) is 10.4 Å². The summed E-state index contributed by atoms with van der Waals surface area (Å²) in [5, 5.41) is 5.67. The van der Waals surface area contributed by atoms with Gasteiger partial charge in [0, 0.05) is 5.69 Å². The number of hydrogen-bond acceptors (Lipinski definition) is 1. The van der Waals surface area contributed by atoms with E-state index < -0.39 is 0 Å². The van der Waals surface area contributed by atoms with Gasteiger partial charge in [0.25, 0.3) is 5.91 Å². The Morgan fingerprint density at radius 2 is 1.48 bits per heavy atom. The molecule has 0 heterocycles. The Labute approximate surface area is 132 Å². The highest BCUT2D eigenvalue weighted by molar-refractivity contribution is 6.40. The minimum Gasteiger partial charge on any atom is -0.322 e. The Kier molecular flexibility index (Phi) is 3.82. The van der Waals surface area contributed by atoms with Crippen LogP contribution in [0.3, 0.4) is 0 Å². The van der Waals surface area contributed by atoms with Crippen molar-refractivity contribution >= 4 is 45.6 Å². The molecule has 0 radical (unpaired) electrons. The number of nitrogens with one attached hydrogen (secondary N) is 1. The van der Waals surface area contributed by atoms with E-state index in [4.69, 9.17) is 23.2 Å². The number of amides is 1. The van der Waals surface area contributed by atoms with Crippen LogP contribution in [-0.4, -0.2) is 5.91 Å². The SMILES string of the molecule is O=C(Nc1ccc2ccccc2c1)c1c(Cl)cccc1Cl. The molecule has 0 aliphatic carbocycles. The maximum Gasteiger partial charge on any atom is 0.258 e. The number of carbonyl (C=O) groups is 1. The molecule has 104 valence electrons. The number of rotatable bonds is 2. The van der Waals surface area contributed by atoms with Crippen molar-refractivity contribution in [2.45, 2.75) is 0 Å². The lowest BCUT2D eigenvalue weighted by molar-refractivity contribution is 0.102. The first-order chi connectivity index (χ1) is 10.1. The van der Waals surface area contributed by atoms with E-state index in [0.717, 1.165) is 10.8 Å². The van der Waals surface area contributed by atoms with Gasteiger partial charge in [-0.15, -0.1) is 0 Å². The van der Waals surface area contributed by atoms with Gasteiger partial charge in [0.2, 0.25) is 0 Å². The summed E-state index contributed by atoms with van der Waals surface area (Å²) in [6.07, 6.45) is 0. The molecule has 0 saturated heterocycles. The summed E-state index contributed by atoms with van der Waals surface area (Å²) in [7, 11) is 0. The van der Waals surface area contributed by atoms with Gasteiger partial charge in [-0.1, -0.05) is 59.6 Å². The predicted molar refractivity (Wildman–Crippen MR) is 88.4 cm³/mol. The second-order valence-electron chi connectivity index (χ2n) is 4.61. The van der Waals surface area contributed by atoms with Gasteiger partial charge in [-0.05, 0) is 35.0 Å². The summed E-state index contributed by atoms with van der Waals surface area (Å²) in [5.41, 5.74) is 0.990. The molecule has 4 heteroatoms. The Balaban J connectivity index is 1.93. The highest BCUT2D eigenvalue weighted by Gasteiger charge is 2.14. The molecule has 0 unspecified atom stereocenters. The number of hydrogen-bond donors (Lipinski definition) is 1. The van der Waals surface area contributed by atoms with Crippen LogP contribution in [0.2, 0.25) is 10.0 Å². The quantitative estimate of drug-likeness (QED) is 0.674. The zero-order valence-corrected chi connectivity index (χ0v) is 12.4. The van der Waals surface area contributed by atoms with Gasteiger partial charge in [0.15, 0.2) is 0 Å². The van der Waals surface area contributed by atoms with Crippen LogP contribution < -0.4 is 5.32 Å². The number of carbonyl (C=O) groups excluding carboxylic acids is 1. The molecule has 0 fully saturated rings. The third-order valence-corrected chi connectivity index (χ3v) is 3.83. The number of benzene rings is 3. The number of halogens is 2. The van der Waals surface area contributed by atoms with E-state index in [1.807, 2.05) is 42.5 Å². The molecule has 3 rings (SSSR count). The lowest BCUT2D eigenvalue weighted by atomic mass is 10.1. The van der Waals surface area contributed by atoms with Gasteiger partial charge < -0.3 is 5.32 Å². The minimum atomic E-state index is -0.319. The second kappa shape index (κ2) is 5.76. The molecule has 3 aromatic carbocycles. The van der Waals surface area contributed by atoms with E-state index in [0.29, 0.717) is 15.7 Å². The molecule has 0 aliphatic rings. The van der Waals surface area contributed by atoms with Crippen molar-refractivity contribution in [3.8, 4) is 0 Å². The van der Waals surface area contributed by atoms with Crippen LogP contribution in [0, 0.1) is 0 Å². The lowest BCUT2D eigenvalue weighted by Gasteiger charge is -2.09. The van der Waals surface area contributed by atoms with E-state index in [1.165, 1.54) is 0 Å². The van der Waals surface area contributed by atoms with Crippen molar-refractivity contribution < 1.29 is 4.79 Å². The Bertz CT molecular complexity index is 810. The van der Waals surface area contributed by atoms with Gasteiger partial charge in [0.05, 0.1) is 15.6 Å². The van der Waals surface area contributed by atoms with Crippen molar-refractivity contribution in [1.82, 2.24) is 0 Å². The van der Waals surface area contributed by atoms with Crippen LogP contribution in [-0.2, 0) is 0 Å². The Morgan fingerprint density at radius 1 is 0.810 bits per heavy atom. The molecule has 0 saturated carbocycles. The Morgan fingerprint density at radius 3 is 2.19 bits per heavy atom. The van der Waals surface area contributed by atoms with E-state index in [9.17, 15) is 4.79 Å². The molecule has 21 heavy (non-hydrogen) atoms. The molecule has 1 amide bonds. The van der Waals surface area contributed by atoms with E-state index >= 15 is 0 Å². The zero-order valence-electron chi connectivity index (χ0n) is 10.9. The molecule has 0 atom stereocenters. The van der Waals surface area contributed by atoms with E-state index in [-0.39, 0.29) is 11.5 Å². The number of fused-ring (bicyclic) bond motifs is 1. The largest absolute Gasteiger partial charge is 0.322 e. The molecular formula is C17H11Cl2NO. The summed E-state index contributed by atoms with van der Waals surface area (Å²) >= 11 is 12.1. The van der Waals surface area contributed by atoms with Gasteiger partial charge in [-0.3, -0.25) is 4.79 Å². The molecule has 0 aliphatic heterocycles. The summed E-state index contributed by atoms with van der Waals surface area (Å²) < 4.78 is 0. The third kappa shape index (κ3) is 2.87. The molecule has 0 spiro atoms. The van der Waals surface area contributed by atoms with Gasteiger partial charge in [0.1, 0.15) is 0 Å². The summed E-state index contributed by atoms with van der Waals surface area (Å²) in [4.78, 5) is 12.3. The summed E-state index contributed by atoms with van der Waals surface area (Å²) in [6, 6.07) is 18.7. The first-order valence-corrected chi connectivity index (χ1v) is 7.15. The fraction of sp³-hybridized carbons (Fsp3) is 0. The monoisotopic (exact) mass is 315 g/mol. The fourth-order valence-electron chi connectivity index (χ4n) is 2.18. The maximum atomic E-state index is 12.3. The van der Waals surface area contributed by atoms with Crippen LogP contribution in [0.15, 0.2) is 60.7 Å². The normalized spacial score (nSPS) is 10.6. The van der Waals surface area contributed by atoms with Crippen molar-refractivity contribution in [3.05, 3.63) is 76.3 Å². The zero-order chi connectivity index (χ0) is 14.8. The molecular weight excluding hydrogens is 305 g/mol. The minimum absolute atomic E-state index is 0.286. The van der Waals surface area contributed by atoms with Crippen molar-refractivity contribution in [2.75, 3.05) is 5.32 Å². The molecule has 1 N–H and O–H groups in total. The molecule has 0 aromatic heterocycles. The highest BCUT2D eigenvalue weighted by atomic mass is 35.5. The van der Waals surface area contributed by atoms with E-state index in [1.54, 1.807) is 18.2 Å². The summed E-state index contributed by atoms with van der Waals surface area (Å²) in [5.74, 6) is -0.319. The lowest BCUT2D eigenvalue weighted by Crippen LogP contribution is -2.13. The summed E-state index contributed by atoms with van der Waals surface area (Å²) in [6.45, 7) is 0. The average Bonchev–Trinajstić information content (AvgIpc) is 2.47. The van der Waals surface area contributed by atoms with Crippen molar-refractivity contribution in [3.63, 3.8) is 0 Å². The van der Waals surface area contributed by atoms with Crippen LogP contribution in [0.5, 0.6) is 0 Å². The van der Waals surface area contributed by atoms with Gasteiger partial charge in [-0.25, -0.2) is 0 Å². The first-order valence-electron chi connectivity index (χ1n) is 6.39. The standard InChI is InChI=1S/C17H11Cl2NO/c18-14-6-3-7-15(19)16(14)17(21)20-13-9-8-11-4-1-2-5-12(11)10-13/h1-10H,(H,20,21). The third-order valence-electron chi connectivity index (χ3n) is 3.20. The van der Waals surface area contributed by atoms with Crippen molar-refractivity contribution in [2.24, 2.45) is 0 Å². The van der Waals surface area contributed by atoms with Gasteiger partial charge >= 0.3 is 0 Å². The van der Waals surface area contributed by atoms with Crippen LogP contribution in [0.4, 0.5) is 5.69 Å². The molecule has 0 bridgehead atoms. The highest BCUT2D eigenvalue weighted by Crippen LogP contribution is 2.26. The number of anilines is 1. The topological polar surface area (TPSA) is 29.1 Å². The molecule has 2 nitrogen and oxygen atoms in total. The fourth-order valence-corrected chi connectivity index (χ4v) is 2.74. The maximum absolute atomic E-state index is 12.3. The Hall–Kier alpha value is -2.03. The second-order valence-corrected chi connectivity index (χ2v) is 5.43. The van der Waals surface area contributed by atoms with Crippen LogP contribution >= 0.6 is 23.2 Å².